The maximum Gasteiger partial charge on any atom is 0.254 e. The van der Waals surface area contributed by atoms with Crippen LogP contribution in [-0.2, 0) is 0 Å². The maximum atomic E-state index is 12.9. The van der Waals surface area contributed by atoms with E-state index in [2.05, 4.69) is 22.9 Å². The Kier molecular flexibility index (Phi) is 6.75. The van der Waals surface area contributed by atoms with Gasteiger partial charge in [-0.1, -0.05) is 19.8 Å². The van der Waals surface area contributed by atoms with Gasteiger partial charge in [0.15, 0.2) is 0 Å². The van der Waals surface area contributed by atoms with Gasteiger partial charge >= 0.3 is 0 Å². The van der Waals surface area contributed by atoms with Crippen molar-refractivity contribution in [1.82, 2.24) is 4.90 Å². The van der Waals surface area contributed by atoms with E-state index in [-0.39, 0.29) is 5.91 Å². The molecule has 1 aliphatic rings. The summed E-state index contributed by atoms with van der Waals surface area (Å²) in [6.45, 7) is 3.90. The van der Waals surface area contributed by atoms with E-state index >= 15 is 0 Å². The summed E-state index contributed by atoms with van der Waals surface area (Å²) in [4.78, 5) is 14.8. The van der Waals surface area contributed by atoms with Crippen LogP contribution in [0.1, 0.15) is 49.4 Å². The molecule has 5 heteroatoms. The van der Waals surface area contributed by atoms with E-state index in [9.17, 15) is 4.79 Å². The van der Waals surface area contributed by atoms with E-state index in [1.807, 2.05) is 4.90 Å². The van der Waals surface area contributed by atoms with Crippen molar-refractivity contribution < 1.29 is 14.3 Å². The van der Waals surface area contributed by atoms with Crippen molar-refractivity contribution in [1.29, 1.82) is 0 Å². The summed E-state index contributed by atoms with van der Waals surface area (Å²) in [5.41, 5.74) is 0.621. The highest BCUT2D eigenvalue weighted by molar-refractivity contribution is 9.10. The van der Waals surface area contributed by atoms with Gasteiger partial charge in [0.2, 0.25) is 0 Å². The maximum absolute atomic E-state index is 12.9. The number of rotatable bonds is 5. The highest BCUT2D eigenvalue weighted by Crippen LogP contribution is 2.36. The molecule has 1 aromatic rings. The first kappa shape index (κ1) is 18.1. The Morgan fingerprint density at radius 1 is 1.22 bits per heavy atom. The Balaban J connectivity index is 2.16. The SMILES string of the molecule is CCCC1CCCN(C(=O)c2cc(OC)c(Br)c(OC)c2)CC1. The van der Waals surface area contributed by atoms with Crippen LogP contribution in [0.3, 0.4) is 0 Å². The molecule has 23 heavy (non-hydrogen) atoms. The van der Waals surface area contributed by atoms with Gasteiger partial charge in [0.1, 0.15) is 16.0 Å². The van der Waals surface area contributed by atoms with Gasteiger partial charge in [0.25, 0.3) is 5.91 Å². The summed E-state index contributed by atoms with van der Waals surface area (Å²) >= 11 is 3.44. The smallest absolute Gasteiger partial charge is 0.254 e. The molecular formula is C18H26BrNO3. The van der Waals surface area contributed by atoms with Crippen LogP contribution in [0.5, 0.6) is 11.5 Å². The summed E-state index contributed by atoms with van der Waals surface area (Å²) in [6.07, 6.45) is 5.90. The minimum atomic E-state index is 0.0613. The molecule has 2 rings (SSSR count). The van der Waals surface area contributed by atoms with Crippen LogP contribution < -0.4 is 9.47 Å². The Morgan fingerprint density at radius 2 is 1.87 bits per heavy atom. The number of benzene rings is 1. The third kappa shape index (κ3) is 4.40. The van der Waals surface area contributed by atoms with E-state index in [0.29, 0.717) is 17.1 Å². The standard InChI is InChI=1S/C18H26BrNO3/c1-4-6-13-7-5-9-20(10-8-13)18(21)14-11-15(22-2)17(19)16(12-14)23-3/h11-13H,4-10H2,1-3H3. The number of carbonyl (C=O) groups is 1. The first-order chi connectivity index (χ1) is 11.1. The lowest BCUT2D eigenvalue weighted by Crippen LogP contribution is -2.32. The fraction of sp³-hybridized carbons (Fsp3) is 0.611. The summed E-state index contributed by atoms with van der Waals surface area (Å²) in [6, 6.07) is 3.56. The molecule has 128 valence electrons. The molecule has 0 N–H and O–H groups in total. The van der Waals surface area contributed by atoms with Crippen LogP contribution >= 0.6 is 15.9 Å². The largest absolute Gasteiger partial charge is 0.495 e. The molecular weight excluding hydrogens is 358 g/mol. The lowest BCUT2D eigenvalue weighted by atomic mass is 9.96. The summed E-state index contributed by atoms with van der Waals surface area (Å²) in [7, 11) is 3.18. The van der Waals surface area contributed by atoms with Crippen molar-refractivity contribution in [3.63, 3.8) is 0 Å². The van der Waals surface area contributed by atoms with Crippen molar-refractivity contribution in [2.24, 2.45) is 5.92 Å². The van der Waals surface area contributed by atoms with Gasteiger partial charge in [-0.05, 0) is 53.2 Å². The van der Waals surface area contributed by atoms with Crippen molar-refractivity contribution in [2.75, 3.05) is 27.3 Å². The first-order valence-electron chi connectivity index (χ1n) is 8.31. The Labute approximate surface area is 147 Å². The molecule has 0 aliphatic carbocycles. The van der Waals surface area contributed by atoms with Gasteiger partial charge in [-0.3, -0.25) is 4.79 Å². The minimum absolute atomic E-state index is 0.0613. The molecule has 1 unspecified atom stereocenters. The van der Waals surface area contributed by atoms with Gasteiger partial charge in [0.05, 0.1) is 14.2 Å². The number of hydrogen-bond donors (Lipinski definition) is 0. The second-order valence-corrected chi connectivity index (χ2v) is 6.87. The molecule has 1 aliphatic heterocycles. The van der Waals surface area contributed by atoms with Crippen molar-refractivity contribution in [2.45, 2.75) is 39.0 Å². The number of nitrogens with zero attached hydrogens (tertiary/aromatic N) is 1. The Bertz CT molecular complexity index is 522. The molecule has 1 amide bonds. The lowest BCUT2D eigenvalue weighted by Gasteiger charge is -2.21. The number of halogens is 1. The van der Waals surface area contributed by atoms with Gasteiger partial charge in [-0.25, -0.2) is 0 Å². The lowest BCUT2D eigenvalue weighted by molar-refractivity contribution is 0.0759. The van der Waals surface area contributed by atoms with Gasteiger partial charge < -0.3 is 14.4 Å². The van der Waals surface area contributed by atoms with E-state index in [4.69, 9.17) is 9.47 Å². The van der Waals surface area contributed by atoms with Crippen molar-refractivity contribution in [3.05, 3.63) is 22.2 Å². The normalized spacial score (nSPS) is 18.4. The average molecular weight is 384 g/mol. The Hall–Kier alpha value is -1.23. The quantitative estimate of drug-likeness (QED) is 0.750. The molecule has 1 fully saturated rings. The predicted octanol–water partition coefficient (Wildman–Crippen LogP) is 4.51. The van der Waals surface area contributed by atoms with Crippen LogP contribution in [0.2, 0.25) is 0 Å². The number of amides is 1. The molecule has 1 heterocycles. The molecule has 0 spiro atoms. The van der Waals surface area contributed by atoms with E-state index < -0.39 is 0 Å². The first-order valence-corrected chi connectivity index (χ1v) is 9.10. The van der Waals surface area contributed by atoms with Gasteiger partial charge in [0, 0.05) is 18.7 Å². The zero-order valence-corrected chi connectivity index (χ0v) is 15.8. The fourth-order valence-corrected chi connectivity index (χ4v) is 3.79. The van der Waals surface area contributed by atoms with Crippen LogP contribution in [0.25, 0.3) is 0 Å². The highest BCUT2D eigenvalue weighted by atomic mass is 79.9. The molecule has 0 bridgehead atoms. The zero-order valence-electron chi connectivity index (χ0n) is 14.2. The summed E-state index contributed by atoms with van der Waals surface area (Å²) in [5.74, 6) is 2.05. The average Bonchev–Trinajstić information content (AvgIpc) is 2.80. The van der Waals surface area contributed by atoms with E-state index in [1.54, 1.807) is 26.4 Å². The topological polar surface area (TPSA) is 38.8 Å². The third-order valence-corrected chi connectivity index (χ3v) is 5.31. The predicted molar refractivity (Wildman–Crippen MR) is 95.4 cm³/mol. The number of ether oxygens (including phenoxy) is 2. The molecule has 0 saturated carbocycles. The fourth-order valence-electron chi connectivity index (χ4n) is 3.24. The monoisotopic (exact) mass is 383 g/mol. The van der Waals surface area contributed by atoms with Crippen LogP contribution in [-0.4, -0.2) is 38.1 Å². The number of methoxy groups -OCH3 is 2. The molecule has 0 aromatic heterocycles. The molecule has 1 atom stereocenters. The number of carbonyl (C=O) groups excluding carboxylic acids is 1. The zero-order chi connectivity index (χ0) is 16.8. The van der Waals surface area contributed by atoms with Crippen molar-refractivity contribution >= 4 is 21.8 Å². The molecule has 4 nitrogen and oxygen atoms in total. The second kappa shape index (κ2) is 8.57. The van der Waals surface area contributed by atoms with E-state index in [1.165, 1.54) is 19.3 Å². The number of likely N-dealkylation sites (tertiary alicyclic amines) is 1. The number of hydrogen-bond acceptors (Lipinski definition) is 3. The van der Waals surface area contributed by atoms with E-state index in [0.717, 1.165) is 36.3 Å². The second-order valence-electron chi connectivity index (χ2n) is 6.07. The van der Waals surface area contributed by atoms with Gasteiger partial charge in [-0.15, -0.1) is 0 Å². The van der Waals surface area contributed by atoms with Crippen LogP contribution in [0.15, 0.2) is 16.6 Å². The highest BCUT2D eigenvalue weighted by Gasteiger charge is 2.23. The minimum Gasteiger partial charge on any atom is -0.495 e. The van der Waals surface area contributed by atoms with Gasteiger partial charge in [-0.2, -0.15) is 0 Å². The van der Waals surface area contributed by atoms with Crippen LogP contribution in [0.4, 0.5) is 0 Å². The Morgan fingerprint density at radius 3 is 2.43 bits per heavy atom. The molecule has 0 radical (unpaired) electrons. The summed E-state index contributed by atoms with van der Waals surface area (Å²) < 4.78 is 11.4. The summed E-state index contributed by atoms with van der Waals surface area (Å²) in [5, 5.41) is 0. The third-order valence-electron chi connectivity index (χ3n) is 4.52. The van der Waals surface area contributed by atoms with Crippen molar-refractivity contribution in [3.8, 4) is 11.5 Å². The molecule has 1 aromatic carbocycles. The van der Waals surface area contributed by atoms with Crippen LogP contribution in [0, 0.1) is 5.92 Å². The molecule has 1 saturated heterocycles.